The molecule has 1 aromatic heterocycles. The van der Waals surface area contributed by atoms with Gasteiger partial charge in [0.2, 0.25) is 0 Å². The molecule has 1 heterocycles. The molecular formula is C14H13ClFN3. The summed E-state index contributed by atoms with van der Waals surface area (Å²) < 4.78 is 15.1. The second kappa shape index (κ2) is 5.41. The Hall–Kier alpha value is -1.86. The first-order chi connectivity index (χ1) is 9.05. The van der Waals surface area contributed by atoms with Gasteiger partial charge in [-0.05, 0) is 37.6 Å². The summed E-state index contributed by atoms with van der Waals surface area (Å²) in [4.78, 5) is 0. The zero-order valence-electron chi connectivity index (χ0n) is 10.7. The predicted molar refractivity (Wildman–Crippen MR) is 71.5 cm³/mol. The van der Waals surface area contributed by atoms with Gasteiger partial charge >= 0.3 is 0 Å². The largest absolute Gasteiger partial charge is 0.265 e. The standard InChI is InChI=1S/C14H13ClFN3/c1-9-14(6-15)10(2)19(18-9)8-12-3-11(7-17)4-13(16)5-12/h3-5H,6,8H2,1-2H3. The average molecular weight is 278 g/mol. The Morgan fingerprint density at radius 1 is 1.37 bits per heavy atom. The van der Waals surface area contributed by atoms with E-state index in [4.69, 9.17) is 16.9 Å². The van der Waals surface area contributed by atoms with E-state index in [1.165, 1.54) is 12.1 Å². The number of nitrogens with zero attached hydrogens (tertiary/aromatic N) is 3. The molecule has 98 valence electrons. The molecule has 1 aromatic carbocycles. The molecule has 0 atom stereocenters. The number of nitriles is 1. The summed E-state index contributed by atoms with van der Waals surface area (Å²) in [6.45, 7) is 4.26. The normalized spacial score (nSPS) is 10.5. The summed E-state index contributed by atoms with van der Waals surface area (Å²) in [5.74, 6) is -0.00212. The van der Waals surface area contributed by atoms with Gasteiger partial charge in [-0.2, -0.15) is 10.4 Å². The lowest BCUT2D eigenvalue weighted by Crippen LogP contribution is -2.05. The molecule has 0 bridgehead atoms. The third-order valence-corrected chi connectivity index (χ3v) is 3.35. The molecule has 0 radical (unpaired) electrons. The van der Waals surface area contributed by atoms with Crippen molar-refractivity contribution in [3.05, 3.63) is 52.1 Å². The number of hydrogen-bond donors (Lipinski definition) is 0. The number of hydrogen-bond acceptors (Lipinski definition) is 2. The molecule has 19 heavy (non-hydrogen) atoms. The highest BCUT2D eigenvalue weighted by Crippen LogP contribution is 2.17. The first-order valence-corrected chi connectivity index (χ1v) is 6.37. The van der Waals surface area contributed by atoms with E-state index in [1.54, 1.807) is 10.7 Å². The summed E-state index contributed by atoms with van der Waals surface area (Å²) >= 11 is 5.87. The van der Waals surface area contributed by atoms with Crippen molar-refractivity contribution in [2.45, 2.75) is 26.3 Å². The van der Waals surface area contributed by atoms with Crippen LogP contribution >= 0.6 is 11.6 Å². The lowest BCUT2D eigenvalue weighted by atomic mass is 10.1. The first kappa shape index (κ1) is 13.6. The fourth-order valence-corrected chi connectivity index (χ4v) is 2.45. The van der Waals surface area contributed by atoms with Gasteiger partial charge in [-0.25, -0.2) is 4.39 Å². The maximum Gasteiger partial charge on any atom is 0.124 e. The SMILES string of the molecule is Cc1nn(Cc2cc(F)cc(C#N)c2)c(C)c1CCl. The maximum atomic E-state index is 13.4. The number of aromatic nitrogens is 2. The van der Waals surface area contributed by atoms with Gasteiger partial charge in [-0.1, -0.05) is 0 Å². The maximum absolute atomic E-state index is 13.4. The predicted octanol–water partition coefficient (Wildman–Crippen LogP) is 3.30. The molecule has 0 saturated heterocycles. The van der Waals surface area contributed by atoms with Gasteiger partial charge in [-0.3, -0.25) is 4.68 Å². The first-order valence-electron chi connectivity index (χ1n) is 5.83. The highest BCUT2D eigenvalue weighted by Gasteiger charge is 2.11. The Morgan fingerprint density at radius 2 is 2.11 bits per heavy atom. The Bertz CT molecular complexity index is 655. The average Bonchev–Trinajstić information content (AvgIpc) is 2.63. The van der Waals surface area contributed by atoms with Gasteiger partial charge in [0.1, 0.15) is 5.82 Å². The van der Waals surface area contributed by atoms with Crippen molar-refractivity contribution < 1.29 is 4.39 Å². The van der Waals surface area contributed by atoms with Gasteiger partial charge in [0.15, 0.2) is 0 Å². The van der Waals surface area contributed by atoms with E-state index >= 15 is 0 Å². The molecule has 0 N–H and O–H groups in total. The molecule has 0 saturated carbocycles. The number of halogens is 2. The molecule has 2 rings (SSSR count). The van der Waals surface area contributed by atoms with Crippen LogP contribution in [-0.2, 0) is 12.4 Å². The quantitative estimate of drug-likeness (QED) is 0.808. The van der Waals surface area contributed by atoms with Crippen LogP contribution in [0.15, 0.2) is 18.2 Å². The monoisotopic (exact) mass is 277 g/mol. The zero-order valence-corrected chi connectivity index (χ0v) is 11.5. The smallest absolute Gasteiger partial charge is 0.124 e. The van der Waals surface area contributed by atoms with E-state index in [2.05, 4.69) is 5.10 Å². The third kappa shape index (κ3) is 2.77. The second-order valence-corrected chi connectivity index (χ2v) is 4.67. The van der Waals surface area contributed by atoms with Gasteiger partial charge in [0.25, 0.3) is 0 Å². The van der Waals surface area contributed by atoms with Crippen molar-refractivity contribution in [3.63, 3.8) is 0 Å². The Kier molecular flexibility index (Phi) is 3.87. The highest BCUT2D eigenvalue weighted by atomic mass is 35.5. The van der Waals surface area contributed by atoms with Crippen molar-refractivity contribution >= 4 is 11.6 Å². The van der Waals surface area contributed by atoms with E-state index in [-0.39, 0.29) is 0 Å². The molecule has 0 spiro atoms. The number of alkyl halides is 1. The van der Waals surface area contributed by atoms with Crippen LogP contribution in [-0.4, -0.2) is 9.78 Å². The van der Waals surface area contributed by atoms with Gasteiger partial charge in [0, 0.05) is 11.3 Å². The summed E-state index contributed by atoms with van der Waals surface area (Å²) in [6.07, 6.45) is 0. The third-order valence-electron chi connectivity index (χ3n) is 3.08. The lowest BCUT2D eigenvalue weighted by Gasteiger charge is -2.06. The van der Waals surface area contributed by atoms with Crippen LogP contribution in [0.25, 0.3) is 0 Å². The molecule has 0 amide bonds. The fourth-order valence-electron chi connectivity index (χ4n) is 2.06. The molecule has 5 heteroatoms. The van der Waals surface area contributed by atoms with E-state index in [0.29, 0.717) is 23.6 Å². The van der Waals surface area contributed by atoms with E-state index in [9.17, 15) is 4.39 Å². The van der Waals surface area contributed by atoms with Gasteiger partial charge in [-0.15, -0.1) is 11.6 Å². The van der Waals surface area contributed by atoms with Crippen molar-refractivity contribution in [1.29, 1.82) is 5.26 Å². The van der Waals surface area contributed by atoms with Crippen LogP contribution < -0.4 is 0 Å². The molecule has 0 fully saturated rings. The molecule has 2 aromatic rings. The van der Waals surface area contributed by atoms with E-state index in [1.807, 2.05) is 19.9 Å². The van der Waals surface area contributed by atoms with Crippen LogP contribution in [0.3, 0.4) is 0 Å². The second-order valence-electron chi connectivity index (χ2n) is 4.40. The highest BCUT2D eigenvalue weighted by molar-refractivity contribution is 6.17. The van der Waals surface area contributed by atoms with Crippen LogP contribution in [0.1, 0.15) is 28.1 Å². The zero-order chi connectivity index (χ0) is 14.0. The Balaban J connectivity index is 2.37. The minimum Gasteiger partial charge on any atom is -0.265 e. The molecular weight excluding hydrogens is 265 g/mol. The van der Waals surface area contributed by atoms with Crippen LogP contribution in [0.2, 0.25) is 0 Å². The number of aryl methyl sites for hydroxylation is 1. The van der Waals surface area contributed by atoms with Crippen LogP contribution in [0, 0.1) is 31.0 Å². The van der Waals surface area contributed by atoms with E-state index < -0.39 is 5.82 Å². The molecule has 0 aliphatic carbocycles. The van der Waals surface area contributed by atoms with Gasteiger partial charge < -0.3 is 0 Å². The van der Waals surface area contributed by atoms with Gasteiger partial charge in [0.05, 0.1) is 29.8 Å². The number of benzene rings is 1. The fraction of sp³-hybridized carbons (Fsp3) is 0.286. The Morgan fingerprint density at radius 3 is 2.68 bits per heavy atom. The van der Waals surface area contributed by atoms with Crippen molar-refractivity contribution in [2.24, 2.45) is 0 Å². The Labute approximate surface area is 116 Å². The molecule has 0 aliphatic rings. The molecule has 0 aliphatic heterocycles. The van der Waals surface area contributed by atoms with Crippen LogP contribution in [0.4, 0.5) is 4.39 Å². The summed E-state index contributed by atoms with van der Waals surface area (Å²) in [5.41, 5.74) is 3.87. The van der Waals surface area contributed by atoms with Crippen LogP contribution in [0.5, 0.6) is 0 Å². The van der Waals surface area contributed by atoms with Crippen molar-refractivity contribution in [1.82, 2.24) is 9.78 Å². The summed E-state index contributed by atoms with van der Waals surface area (Å²) in [6, 6.07) is 6.24. The topological polar surface area (TPSA) is 41.6 Å². The van der Waals surface area contributed by atoms with E-state index in [0.717, 1.165) is 17.0 Å². The lowest BCUT2D eigenvalue weighted by molar-refractivity contribution is 0.615. The minimum atomic E-state index is -0.409. The van der Waals surface area contributed by atoms with Crippen molar-refractivity contribution in [2.75, 3.05) is 0 Å². The number of rotatable bonds is 3. The minimum absolute atomic E-state index is 0.314. The van der Waals surface area contributed by atoms with Crippen molar-refractivity contribution in [3.8, 4) is 6.07 Å². The summed E-state index contributed by atoms with van der Waals surface area (Å²) in [7, 11) is 0. The molecule has 3 nitrogen and oxygen atoms in total. The summed E-state index contributed by atoms with van der Waals surface area (Å²) in [5, 5.41) is 13.2. The molecule has 0 unspecified atom stereocenters.